The zero-order valence-corrected chi connectivity index (χ0v) is 15.1. The van der Waals surface area contributed by atoms with Crippen molar-refractivity contribution < 1.29 is 9.53 Å². The molecule has 6 nitrogen and oxygen atoms in total. The van der Waals surface area contributed by atoms with E-state index in [1.807, 2.05) is 12.1 Å². The Morgan fingerprint density at radius 3 is 2.72 bits per heavy atom. The molecule has 25 heavy (non-hydrogen) atoms. The number of benzene rings is 1. The predicted molar refractivity (Wildman–Crippen MR) is 95.0 cm³/mol. The highest BCUT2D eigenvalue weighted by Gasteiger charge is 2.24. The van der Waals surface area contributed by atoms with Crippen LogP contribution in [0.15, 0.2) is 41.0 Å². The number of carbonyl (C=O) groups excluding carboxylic acids is 1. The molecule has 0 bridgehead atoms. The van der Waals surface area contributed by atoms with Crippen LogP contribution in [0.1, 0.15) is 41.7 Å². The summed E-state index contributed by atoms with van der Waals surface area (Å²) in [6.45, 7) is 0. The maximum absolute atomic E-state index is 12.1. The largest absolute Gasteiger partial charge is 0.490 e. The van der Waals surface area contributed by atoms with Crippen LogP contribution in [0.25, 0.3) is 0 Å². The Labute approximate surface area is 154 Å². The minimum atomic E-state index is -0.187. The van der Waals surface area contributed by atoms with Crippen LogP contribution >= 0.6 is 15.9 Å². The summed E-state index contributed by atoms with van der Waals surface area (Å²) in [6.07, 6.45) is 5.10. The minimum absolute atomic E-state index is 0.115. The first-order valence-electron chi connectivity index (χ1n) is 8.10. The second-order valence-electron chi connectivity index (χ2n) is 5.93. The molecular formula is C18H17BrN4O2. The number of aromatic nitrogens is 2. The van der Waals surface area contributed by atoms with Gasteiger partial charge < -0.3 is 10.1 Å². The Morgan fingerprint density at radius 1 is 1.28 bits per heavy atom. The van der Waals surface area contributed by atoms with Gasteiger partial charge in [-0.15, -0.1) is 5.10 Å². The van der Waals surface area contributed by atoms with Gasteiger partial charge in [-0.2, -0.15) is 10.4 Å². The van der Waals surface area contributed by atoms with E-state index in [4.69, 9.17) is 10.00 Å². The zero-order valence-electron chi connectivity index (χ0n) is 13.5. The minimum Gasteiger partial charge on any atom is -0.490 e. The molecule has 0 unspecified atom stereocenters. The van der Waals surface area contributed by atoms with Gasteiger partial charge in [-0.05, 0) is 71.9 Å². The zero-order chi connectivity index (χ0) is 17.6. The second kappa shape index (κ2) is 8.08. The van der Waals surface area contributed by atoms with Gasteiger partial charge in [0.2, 0.25) is 0 Å². The van der Waals surface area contributed by atoms with E-state index >= 15 is 0 Å². The van der Waals surface area contributed by atoms with Gasteiger partial charge in [0.15, 0.2) is 5.69 Å². The molecule has 0 spiro atoms. The predicted octanol–water partition coefficient (Wildman–Crippen LogP) is 3.23. The number of hydrogen-bond acceptors (Lipinski definition) is 5. The molecule has 1 aliphatic carbocycles. The molecule has 0 saturated heterocycles. The lowest BCUT2D eigenvalue weighted by Gasteiger charge is -2.29. The van der Waals surface area contributed by atoms with Crippen molar-refractivity contribution in [2.45, 2.75) is 37.8 Å². The van der Waals surface area contributed by atoms with Crippen LogP contribution in [-0.2, 0) is 0 Å². The number of nitriles is 1. The van der Waals surface area contributed by atoms with Crippen LogP contribution in [0.4, 0.5) is 0 Å². The van der Waals surface area contributed by atoms with E-state index in [0.29, 0.717) is 11.3 Å². The summed E-state index contributed by atoms with van der Waals surface area (Å²) in [5.74, 6) is 0.561. The third-order valence-electron chi connectivity index (χ3n) is 4.18. The number of nitrogens with one attached hydrogen (secondary N) is 1. The van der Waals surface area contributed by atoms with E-state index in [1.165, 1.54) is 0 Å². The van der Waals surface area contributed by atoms with E-state index in [0.717, 1.165) is 35.9 Å². The fraction of sp³-hybridized carbons (Fsp3) is 0.333. The van der Waals surface area contributed by atoms with Gasteiger partial charge >= 0.3 is 0 Å². The van der Waals surface area contributed by atoms with Crippen LogP contribution in [0.3, 0.4) is 0 Å². The van der Waals surface area contributed by atoms with Crippen LogP contribution in [0, 0.1) is 11.3 Å². The normalized spacial score (nSPS) is 19.7. The maximum atomic E-state index is 12.1. The lowest BCUT2D eigenvalue weighted by Crippen LogP contribution is -2.40. The fourth-order valence-corrected chi connectivity index (χ4v) is 3.31. The second-order valence-corrected chi connectivity index (χ2v) is 6.78. The summed E-state index contributed by atoms with van der Waals surface area (Å²) in [6, 6.07) is 11.0. The first-order chi connectivity index (χ1) is 12.2. The molecule has 0 radical (unpaired) electrons. The number of hydrogen-bond donors (Lipinski definition) is 1. The molecule has 1 N–H and O–H groups in total. The van der Waals surface area contributed by atoms with Gasteiger partial charge in [0.1, 0.15) is 11.8 Å². The summed E-state index contributed by atoms with van der Waals surface area (Å²) in [4.78, 5) is 12.1. The van der Waals surface area contributed by atoms with Crippen LogP contribution < -0.4 is 10.1 Å². The van der Waals surface area contributed by atoms with Crippen molar-refractivity contribution in [3.8, 4) is 11.8 Å². The highest BCUT2D eigenvalue weighted by molar-refractivity contribution is 9.10. The number of halogens is 1. The molecule has 1 saturated carbocycles. The summed E-state index contributed by atoms with van der Waals surface area (Å²) in [5.41, 5.74) is 0.922. The number of amides is 1. The summed E-state index contributed by atoms with van der Waals surface area (Å²) < 4.78 is 6.73. The van der Waals surface area contributed by atoms with E-state index in [9.17, 15) is 4.79 Å². The molecule has 0 atom stereocenters. The molecule has 128 valence electrons. The van der Waals surface area contributed by atoms with Crippen molar-refractivity contribution >= 4 is 21.8 Å². The molecule has 3 rings (SSSR count). The highest BCUT2D eigenvalue weighted by atomic mass is 79.9. The van der Waals surface area contributed by atoms with Gasteiger partial charge in [-0.1, -0.05) is 0 Å². The lowest BCUT2D eigenvalue weighted by molar-refractivity contribution is 0.0888. The molecule has 1 fully saturated rings. The van der Waals surface area contributed by atoms with Crippen LogP contribution in [0.2, 0.25) is 0 Å². The summed E-state index contributed by atoms with van der Waals surface area (Å²) in [5, 5.41) is 19.5. The average Bonchev–Trinajstić information content (AvgIpc) is 2.64. The standard InChI is InChI=1S/C18H17BrN4O2/c19-16-10-15(6-3-12(16)11-20)25-14-7-4-13(5-8-14)22-18(24)17-2-1-9-21-23-17/h1-3,6,9-10,13-14H,4-5,7-8H2,(H,22,24). The van der Waals surface area contributed by atoms with E-state index in [2.05, 4.69) is 37.5 Å². The molecule has 1 aliphatic rings. The van der Waals surface area contributed by atoms with Gasteiger partial charge in [0.25, 0.3) is 5.91 Å². The smallest absolute Gasteiger partial charge is 0.272 e. The van der Waals surface area contributed by atoms with Crippen molar-refractivity contribution in [3.05, 3.63) is 52.3 Å². The molecule has 2 aromatic rings. The van der Waals surface area contributed by atoms with Crippen molar-refractivity contribution in [3.63, 3.8) is 0 Å². The van der Waals surface area contributed by atoms with Gasteiger partial charge in [-0.3, -0.25) is 4.79 Å². The first kappa shape index (κ1) is 17.4. The van der Waals surface area contributed by atoms with Gasteiger partial charge in [0.05, 0.1) is 11.7 Å². The topological polar surface area (TPSA) is 87.9 Å². The number of carbonyl (C=O) groups is 1. The average molecular weight is 401 g/mol. The summed E-state index contributed by atoms with van der Waals surface area (Å²) >= 11 is 3.37. The Bertz CT molecular complexity index is 783. The maximum Gasteiger partial charge on any atom is 0.272 e. The van der Waals surface area contributed by atoms with Crippen molar-refractivity contribution in [1.82, 2.24) is 15.5 Å². The van der Waals surface area contributed by atoms with Crippen LogP contribution in [-0.4, -0.2) is 28.3 Å². The molecule has 1 heterocycles. The molecule has 1 aromatic heterocycles. The molecular weight excluding hydrogens is 384 g/mol. The Balaban J connectivity index is 1.50. The monoisotopic (exact) mass is 400 g/mol. The molecule has 7 heteroatoms. The van der Waals surface area contributed by atoms with Crippen molar-refractivity contribution in [1.29, 1.82) is 5.26 Å². The van der Waals surface area contributed by atoms with Crippen molar-refractivity contribution in [2.24, 2.45) is 0 Å². The van der Waals surface area contributed by atoms with E-state index in [-0.39, 0.29) is 18.1 Å². The number of rotatable bonds is 4. The van der Waals surface area contributed by atoms with E-state index < -0.39 is 0 Å². The van der Waals surface area contributed by atoms with Crippen LogP contribution in [0.5, 0.6) is 5.75 Å². The first-order valence-corrected chi connectivity index (χ1v) is 8.90. The molecule has 1 aromatic carbocycles. The Hall–Kier alpha value is -2.46. The molecule has 1 amide bonds. The van der Waals surface area contributed by atoms with E-state index in [1.54, 1.807) is 24.4 Å². The molecule has 0 aliphatic heterocycles. The highest BCUT2D eigenvalue weighted by Crippen LogP contribution is 2.27. The third kappa shape index (κ3) is 4.54. The Kier molecular flexibility index (Phi) is 5.61. The van der Waals surface area contributed by atoms with Crippen molar-refractivity contribution in [2.75, 3.05) is 0 Å². The van der Waals surface area contributed by atoms with Gasteiger partial charge in [-0.25, -0.2) is 0 Å². The number of nitrogens with zero attached hydrogens (tertiary/aromatic N) is 3. The lowest BCUT2D eigenvalue weighted by atomic mass is 9.93. The Morgan fingerprint density at radius 2 is 2.08 bits per heavy atom. The summed E-state index contributed by atoms with van der Waals surface area (Å²) in [7, 11) is 0. The number of ether oxygens (including phenoxy) is 1. The van der Waals surface area contributed by atoms with Gasteiger partial charge in [0, 0.05) is 16.7 Å². The SMILES string of the molecule is N#Cc1ccc(OC2CCC(NC(=O)c3cccnn3)CC2)cc1Br. The quantitative estimate of drug-likeness (QED) is 0.850. The third-order valence-corrected chi connectivity index (χ3v) is 4.83. The fourth-order valence-electron chi connectivity index (χ4n) is 2.86.